The van der Waals surface area contributed by atoms with Crippen LogP contribution in [0.25, 0.3) is 11.1 Å². The molecule has 0 bridgehead atoms. The second-order valence-electron chi connectivity index (χ2n) is 6.96. The molecule has 0 fully saturated rings. The van der Waals surface area contributed by atoms with Gasteiger partial charge in [0.1, 0.15) is 11.6 Å². The van der Waals surface area contributed by atoms with E-state index in [-0.39, 0.29) is 23.7 Å². The molecule has 5 rings (SSSR count). The van der Waals surface area contributed by atoms with E-state index in [1.54, 1.807) is 30.3 Å². The van der Waals surface area contributed by atoms with Crippen LogP contribution in [0, 0.1) is 5.82 Å². The van der Waals surface area contributed by atoms with Crippen LogP contribution in [0.1, 0.15) is 11.1 Å². The third-order valence-electron chi connectivity index (χ3n) is 5.02. The minimum Gasteiger partial charge on any atom is -0.482 e. The number of nitrogens with zero attached hydrogens (tertiary/aromatic N) is 2. The molecular weight excluding hydrogens is 401 g/mol. The van der Waals surface area contributed by atoms with E-state index in [0.29, 0.717) is 28.3 Å². The summed E-state index contributed by atoms with van der Waals surface area (Å²) in [6.45, 7) is -0.0952. The van der Waals surface area contributed by atoms with Gasteiger partial charge in [-0.1, -0.05) is 18.2 Å². The summed E-state index contributed by atoms with van der Waals surface area (Å²) >= 11 is 0. The molecule has 0 spiro atoms. The molecular formula is C23H14FN3O4. The minimum atomic E-state index is -0.544. The first kappa shape index (κ1) is 18.7. The smallest absolute Gasteiger partial charge is 0.266 e. The number of amides is 3. The van der Waals surface area contributed by atoms with Gasteiger partial charge < -0.3 is 10.1 Å². The molecule has 152 valence electrons. The van der Waals surface area contributed by atoms with Gasteiger partial charge in [-0.2, -0.15) is 0 Å². The number of imide groups is 1. The van der Waals surface area contributed by atoms with E-state index in [2.05, 4.69) is 10.3 Å². The van der Waals surface area contributed by atoms with E-state index in [0.717, 1.165) is 4.90 Å². The first-order valence-electron chi connectivity index (χ1n) is 9.39. The Bertz CT molecular complexity index is 1270. The Kier molecular flexibility index (Phi) is 4.32. The molecule has 7 nitrogen and oxygen atoms in total. The van der Waals surface area contributed by atoms with E-state index >= 15 is 0 Å². The molecule has 2 aliphatic rings. The fourth-order valence-electron chi connectivity index (χ4n) is 3.64. The Labute approximate surface area is 175 Å². The fourth-order valence-corrected chi connectivity index (χ4v) is 3.64. The summed E-state index contributed by atoms with van der Waals surface area (Å²) in [5.41, 5.74) is 1.83. The SMILES string of the molecule is O=C1COc2ccc(C3=C(c4ccc(F)cc4)C(=O)N(c4cccnc4)C3=O)cc2N1. The van der Waals surface area contributed by atoms with Gasteiger partial charge in [0.05, 0.1) is 28.7 Å². The second kappa shape index (κ2) is 7.17. The van der Waals surface area contributed by atoms with Gasteiger partial charge in [-0.15, -0.1) is 0 Å². The normalized spacial score (nSPS) is 15.6. The molecule has 0 radical (unpaired) electrons. The van der Waals surface area contributed by atoms with Crippen molar-refractivity contribution in [1.29, 1.82) is 0 Å². The van der Waals surface area contributed by atoms with E-state index < -0.39 is 17.6 Å². The van der Waals surface area contributed by atoms with Gasteiger partial charge in [-0.3, -0.25) is 19.4 Å². The topological polar surface area (TPSA) is 88.6 Å². The highest BCUT2D eigenvalue weighted by molar-refractivity contribution is 6.57. The average molecular weight is 415 g/mol. The van der Waals surface area contributed by atoms with Gasteiger partial charge in [-0.25, -0.2) is 9.29 Å². The van der Waals surface area contributed by atoms with Crippen LogP contribution >= 0.6 is 0 Å². The fraction of sp³-hybridized carbons (Fsp3) is 0.0435. The summed E-state index contributed by atoms with van der Waals surface area (Å²) in [5.74, 6) is -1.39. The number of hydrogen-bond donors (Lipinski definition) is 1. The zero-order valence-electron chi connectivity index (χ0n) is 16.0. The minimum absolute atomic E-state index is 0.0952. The lowest BCUT2D eigenvalue weighted by Gasteiger charge is -2.19. The lowest BCUT2D eigenvalue weighted by Crippen LogP contribution is -2.31. The molecule has 1 N–H and O–H groups in total. The van der Waals surface area contributed by atoms with E-state index in [1.807, 2.05) is 0 Å². The van der Waals surface area contributed by atoms with Crippen LogP contribution in [-0.4, -0.2) is 29.3 Å². The maximum Gasteiger partial charge on any atom is 0.266 e. The van der Waals surface area contributed by atoms with Crippen molar-refractivity contribution >= 4 is 40.2 Å². The van der Waals surface area contributed by atoms with Gasteiger partial charge >= 0.3 is 0 Å². The summed E-state index contributed by atoms with van der Waals surface area (Å²) < 4.78 is 18.9. The number of anilines is 2. The highest BCUT2D eigenvalue weighted by atomic mass is 19.1. The molecule has 0 saturated carbocycles. The maximum absolute atomic E-state index is 13.5. The molecule has 31 heavy (non-hydrogen) atoms. The van der Waals surface area contributed by atoms with E-state index in [9.17, 15) is 18.8 Å². The van der Waals surface area contributed by atoms with Gasteiger partial charge in [0.25, 0.3) is 17.7 Å². The largest absolute Gasteiger partial charge is 0.482 e. The number of rotatable bonds is 3. The monoisotopic (exact) mass is 415 g/mol. The number of halogens is 1. The molecule has 3 aromatic rings. The Morgan fingerprint density at radius 2 is 1.65 bits per heavy atom. The molecule has 2 aromatic carbocycles. The molecule has 8 heteroatoms. The zero-order chi connectivity index (χ0) is 21.5. The Balaban J connectivity index is 1.69. The van der Waals surface area contributed by atoms with Crippen LogP contribution in [0.15, 0.2) is 67.0 Å². The Morgan fingerprint density at radius 1 is 0.935 bits per heavy atom. The third-order valence-corrected chi connectivity index (χ3v) is 5.02. The number of aromatic nitrogens is 1. The van der Waals surface area contributed by atoms with Crippen molar-refractivity contribution in [3.05, 3.63) is 83.9 Å². The lowest BCUT2D eigenvalue weighted by molar-refractivity contribution is -0.120. The number of ether oxygens (including phenoxy) is 1. The van der Waals surface area contributed by atoms with Gasteiger partial charge in [0, 0.05) is 6.20 Å². The third kappa shape index (κ3) is 3.14. The van der Waals surface area contributed by atoms with Crippen molar-refractivity contribution in [3.8, 4) is 5.75 Å². The zero-order valence-corrected chi connectivity index (χ0v) is 16.0. The van der Waals surface area contributed by atoms with Crippen molar-refractivity contribution in [3.63, 3.8) is 0 Å². The standard InChI is InChI=1S/C23H14FN3O4/c24-15-6-3-13(4-7-15)20-21(14-5-8-18-17(10-14)26-19(28)12-31-18)23(30)27(22(20)29)16-2-1-9-25-11-16/h1-11H,12H2,(H,26,28). The molecule has 1 aromatic heterocycles. The van der Waals surface area contributed by atoms with Crippen molar-refractivity contribution < 1.29 is 23.5 Å². The Hall–Kier alpha value is -4.33. The van der Waals surface area contributed by atoms with Gasteiger partial charge in [-0.05, 0) is 47.5 Å². The first-order chi connectivity index (χ1) is 15.0. The lowest BCUT2D eigenvalue weighted by atomic mass is 9.95. The average Bonchev–Trinajstić information content (AvgIpc) is 3.04. The number of hydrogen-bond acceptors (Lipinski definition) is 5. The Morgan fingerprint density at radius 3 is 2.35 bits per heavy atom. The highest BCUT2D eigenvalue weighted by Crippen LogP contribution is 2.40. The van der Waals surface area contributed by atoms with Crippen LogP contribution in [0.2, 0.25) is 0 Å². The molecule has 3 heterocycles. The number of benzene rings is 2. The summed E-state index contributed by atoms with van der Waals surface area (Å²) in [6, 6.07) is 13.4. The van der Waals surface area contributed by atoms with Crippen LogP contribution in [0.4, 0.5) is 15.8 Å². The molecule has 0 saturated heterocycles. The molecule has 0 atom stereocenters. The number of nitrogens with one attached hydrogen (secondary N) is 1. The van der Waals surface area contributed by atoms with Crippen molar-refractivity contribution in [2.75, 3.05) is 16.8 Å². The predicted molar refractivity (Wildman–Crippen MR) is 111 cm³/mol. The summed E-state index contributed by atoms with van der Waals surface area (Å²) in [4.78, 5) is 43.5. The van der Waals surface area contributed by atoms with Crippen LogP contribution in [-0.2, 0) is 14.4 Å². The van der Waals surface area contributed by atoms with Gasteiger partial charge in [0.2, 0.25) is 0 Å². The maximum atomic E-state index is 13.5. The van der Waals surface area contributed by atoms with Crippen molar-refractivity contribution in [1.82, 2.24) is 4.98 Å². The molecule has 0 unspecified atom stereocenters. The van der Waals surface area contributed by atoms with E-state index in [1.165, 1.54) is 36.7 Å². The van der Waals surface area contributed by atoms with Gasteiger partial charge in [0.15, 0.2) is 6.61 Å². The van der Waals surface area contributed by atoms with Crippen LogP contribution < -0.4 is 15.0 Å². The number of carbonyl (C=O) groups excluding carboxylic acids is 3. The summed E-state index contributed by atoms with van der Waals surface area (Å²) in [6.07, 6.45) is 2.96. The quantitative estimate of drug-likeness (QED) is 0.665. The van der Waals surface area contributed by atoms with E-state index in [4.69, 9.17) is 4.74 Å². The molecule has 3 amide bonds. The number of carbonyl (C=O) groups is 3. The van der Waals surface area contributed by atoms with Crippen LogP contribution in [0.3, 0.4) is 0 Å². The highest BCUT2D eigenvalue weighted by Gasteiger charge is 2.41. The molecule has 0 aliphatic carbocycles. The van der Waals surface area contributed by atoms with Crippen molar-refractivity contribution in [2.45, 2.75) is 0 Å². The predicted octanol–water partition coefficient (Wildman–Crippen LogP) is 3.04. The van der Waals surface area contributed by atoms with Crippen molar-refractivity contribution in [2.24, 2.45) is 0 Å². The van der Waals surface area contributed by atoms with Crippen LogP contribution in [0.5, 0.6) is 5.75 Å². The first-order valence-corrected chi connectivity index (χ1v) is 9.39. The second-order valence-corrected chi connectivity index (χ2v) is 6.96. The summed E-state index contributed by atoms with van der Waals surface area (Å²) in [7, 11) is 0. The molecule has 2 aliphatic heterocycles. The summed E-state index contributed by atoms with van der Waals surface area (Å²) in [5, 5.41) is 2.70. The number of fused-ring (bicyclic) bond motifs is 1. The number of pyridine rings is 1.